The van der Waals surface area contributed by atoms with Gasteiger partial charge in [0.15, 0.2) is 0 Å². The molecule has 1 aromatic rings. The zero-order chi connectivity index (χ0) is 25.9. The van der Waals surface area contributed by atoms with Gasteiger partial charge in [0.2, 0.25) is 0 Å². The Labute approximate surface area is 228 Å². The maximum atomic E-state index is 2.61. The molecular formula is C34H67N2+. The van der Waals surface area contributed by atoms with E-state index in [0.29, 0.717) is 0 Å². The van der Waals surface area contributed by atoms with E-state index in [4.69, 9.17) is 0 Å². The average molecular weight is 504 g/mol. The van der Waals surface area contributed by atoms with Crippen molar-refractivity contribution < 1.29 is 4.57 Å². The van der Waals surface area contributed by atoms with E-state index < -0.39 is 0 Å². The molecule has 0 bridgehead atoms. The van der Waals surface area contributed by atoms with Crippen molar-refractivity contribution in [1.29, 1.82) is 0 Å². The van der Waals surface area contributed by atoms with E-state index in [0.717, 1.165) is 0 Å². The maximum absolute atomic E-state index is 2.61. The predicted octanol–water partition coefficient (Wildman–Crippen LogP) is 11.1. The standard InChI is InChI=1S/C34H67N2/c1-4-7-10-13-15-17-18-19-20-21-22-24-26-29-34-35(30-27-12-9-6-3)32-33-36(34)31-28-25-23-16-14-11-8-5-2/h32-33H,4-31H2,1-3H3/q+1. The number of aryl methyl sites for hydroxylation is 2. The van der Waals surface area contributed by atoms with E-state index in [2.05, 4.69) is 42.3 Å². The van der Waals surface area contributed by atoms with Gasteiger partial charge in [0.05, 0.1) is 13.1 Å². The quantitative estimate of drug-likeness (QED) is 0.0794. The van der Waals surface area contributed by atoms with E-state index in [1.165, 1.54) is 180 Å². The summed E-state index contributed by atoms with van der Waals surface area (Å²) >= 11 is 0. The monoisotopic (exact) mass is 504 g/mol. The molecule has 212 valence electrons. The third-order valence-electron chi connectivity index (χ3n) is 8.10. The molecule has 0 amide bonds. The SMILES string of the molecule is CCCCCCCCCCCCCCCc1n(CCCCCC)cc[n+]1CCCCCCCCCC. The summed E-state index contributed by atoms with van der Waals surface area (Å²) in [5.74, 6) is 1.61. The van der Waals surface area contributed by atoms with E-state index in [-0.39, 0.29) is 0 Å². The Morgan fingerprint density at radius 3 is 1.33 bits per heavy atom. The van der Waals surface area contributed by atoms with Crippen molar-refractivity contribution in [2.24, 2.45) is 0 Å². The van der Waals surface area contributed by atoms with Gasteiger partial charge in [0.25, 0.3) is 5.82 Å². The molecule has 2 nitrogen and oxygen atoms in total. The highest BCUT2D eigenvalue weighted by atomic mass is 15.1. The summed E-state index contributed by atoms with van der Waals surface area (Å²) in [6.45, 7) is 9.38. The molecule has 0 aliphatic heterocycles. The van der Waals surface area contributed by atoms with Gasteiger partial charge in [-0.25, -0.2) is 9.13 Å². The Morgan fingerprint density at radius 2 is 0.861 bits per heavy atom. The fourth-order valence-electron chi connectivity index (χ4n) is 5.62. The molecule has 0 atom stereocenters. The number of rotatable bonds is 28. The number of nitrogens with zero attached hydrogens (tertiary/aromatic N) is 2. The van der Waals surface area contributed by atoms with Crippen LogP contribution in [0.3, 0.4) is 0 Å². The van der Waals surface area contributed by atoms with Crippen LogP contribution in [-0.2, 0) is 19.5 Å². The fraction of sp³-hybridized carbons (Fsp3) is 0.912. The third kappa shape index (κ3) is 18.5. The molecular weight excluding hydrogens is 436 g/mol. The molecule has 36 heavy (non-hydrogen) atoms. The summed E-state index contributed by atoms with van der Waals surface area (Å²) in [4.78, 5) is 0. The van der Waals surface area contributed by atoms with Crippen LogP contribution in [0.15, 0.2) is 12.4 Å². The molecule has 0 unspecified atom stereocenters. The zero-order valence-corrected chi connectivity index (χ0v) is 25.3. The van der Waals surface area contributed by atoms with Crippen molar-refractivity contribution in [2.75, 3.05) is 0 Å². The van der Waals surface area contributed by atoms with Crippen molar-refractivity contribution in [2.45, 2.75) is 201 Å². The van der Waals surface area contributed by atoms with Crippen molar-refractivity contribution in [3.8, 4) is 0 Å². The third-order valence-corrected chi connectivity index (χ3v) is 8.10. The zero-order valence-electron chi connectivity index (χ0n) is 25.3. The molecule has 1 aromatic heterocycles. The summed E-state index contributed by atoms with van der Waals surface area (Å²) in [7, 11) is 0. The maximum Gasteiger partial charge on any atom is 0.256 e. The van der Waals surface area contributed by atoms with Crippen LogP contribution in [0.1, 0.15) is 187 Å². The Morgan fingerprint density at radius 1 is 0.472 bits per heavy atom. The van der Waals surface area contributed by atoms with Crippen molar-refractivity contribution in [3.63, 3.8) is 0 Å². The Kier molecular flexibility index (Phi) is 23.9. The number of hydrogen-bond donors (Lipinski definition) is 0. The van der Waals surface area contributed by atoms with Gasteiger partial charge in [0, 0.05) is 6.42 Å². The van der Waals surface area contributed by atoms with Crippen LogP contribution < -0.4 is 4.57 Å². The summed E-state index contributed by atoms with van der Waals surface area (Å²) in [5.41, 5.74) is 0. The minimum Gasteiger partial charge on any atom is -0.234 e. The number of unbranched alkanes of at least 4 members (excludes halogenated alkanes) is 22. The topological polar surface area (TPSA) is 8.81 Å². The summed E-state index contributed by atoms with van der Waals surface area (Å²) in [6.07, 6.45) is 41.5. The Bertz CT molecular complexity index is 562. The lowest BCUT2D eigenvalue weighted by Gasteiger charge is -2.07. The summed E-state index contributed by atoms with van der Waals surface area (Å²) in [5, 5.41) is 0. The molecule has 0 fully saturated rings. The number of hydrogen-bond acceptors (Lipinski definition) is 0. The van der Waals surface area contributed by atoms with Gasteiger partial charge >= 0.3 is 0 Å². The second kappa shape index (κ2) is 25.8. The highest BCUT2D eigenvalue weighted by Gasteiger charge is 2.16. The minimum atomic E-state index is 1.22. The highest BCUT2D eigenvalue weighted by Crippen LogP contribution is 2.14. The van der Waals surface area contributed by atoms with Crippen molar-refractivity contribution in [1.82, 2.24) is 4.57 Å². The first-order chi connectivity index (χ1) is 17.8. The Hall–Kier alpha value is -0.790. The molecule has 0 radical (unpaired) electrons. The van der Waals surface area contributed by atoms with Crippen LogP contribution in [0.5, 0.6) is 0 Å². The molecule has 0 saturated heterocycles. The summed E-state index contributed by atoms with van der Waals surface area (Å²) < 4.78 is 5.21. The predicted molar refractivity (Wildman–Crippen MR) is 161 cm³/mol. The smallest absolute Gasteiger partial charge is 0.234 e. The lowest BCUT2D eigenvalue weighted by molar-refractivity contribution is -0.704. The van der Waals surface area contributed by atoms with Gasteiger partial charge in [-0.05, 0) is 32.1 Å². The van der Waals surface area contributed by atoms with Crippen molar-refractivity contribution in [3.05, 3.63) is 18.2 Å². The van der Waals surface area contributed by atoms with Crippen LogP contribution in [0.4, 0.5) is 0 Å². The van der Waals surface area contributed by atoms with Gasteiger partial charge < -0.3 is 0 Å². The highest BCUT2D eigenvalue weighted by molar-refractivity contribution is 4.84. The normalized spacial score (nSPS) is 11.5. The van der Waals surface area contributed by atoms with Crippen LogP contribution in [0.25, 0.3) is 0 Å². The van der Waals surface area contributed by atoms with E-state index >= 15 is 0 Å². The van der Waals surface area contributed by atoms with Crippen LogP contribution in [0.2, 0.25) is 0 Å². The second-order valence-corrected chi connectivity index (χ2v) is 11.6. The van der Waals surface area contributed by atoms with Gasteiger partial charge in [0.1, 0.15) is 12.4 Å². The lowest BCUT2D eigenvalue weighted by atomic mass is 10.0. The molecule has 1 heterocycles. The first kappa shape index (κ1) is 33.2. The number of imidazole rings is 1. The fourth-order valence-corrected chi connectivity index (χ4v) is 5.62. The second-order valence-electron chi connectivity index (χ2n) is 11.6. The van der Waals surface area contributed by atoms with E-state index in [9.17, 15) is 0 Å². The molecule has 0 N–H and O–H groups in total. The van der Waals surface area contributed by atoms with Crippen LogP contribution in [-0.4, -0.2) is 4.57 Å². The van der Waals surface area contributed by atoms with Gasteiger partial charge in [-0.1, -0.05) is 149 Å². The summed E-state index contributed by atoms with van der Waals surface area (Å²) in [6, 6.07) is 0. The van der Waals surface area contributed by atoms with Crippen molar-refractivity contribution >= 4 is 0 Å². The molecule has 0 aliphatic rings. The molecule has 0 saturated carbocycles. The largest absolute Gasteiger partial charge is 0.256 e. The first-order valence-corrected chi connectivity index (χ1v) is 16.9. The lowest BCUT2D eigenvalue weighted by Crippen LogP contribution is -2.37. The molecule has 0 spiro atoms. The van der Waals surface area contributed by atoms with Gasteiger partial charge in [-0.3, -0.25) is 0 Å². The molecule has 1 rings (SSSR count). The van der Waals surface area contributed by atoms with Crippen LogP contribution >= 0.6 is 0 Å². The van der Waals surface area contributed by atoms with Gasteiger partial charge in [-0.15, -0.1) is 0 Å². The van der Waals surface area contributed by atoms with Gasteiger partial charge in [-0.2, -0.15) is 0 Å². The Balaban J connectivity index is 2.24. The minimum absolute atomic E-state index is 1.22. The first-order valence-electron chi connectivity index (χ1n) is 16.9. The van der Waals surface area contributed by atoms with E-state index in [1.54, 1.807) is 5.82 Å². The molecule has 0 aromatic carbocycles. The average Bonchev–Trinajstić information content (AvgIpc) is 3.27. The molecule has 2 heteroatoms. The van der Waals surface area contributed by atoms with E-state index in [1.807, 2.05) is 0 Å². The molecule has 0 aliphatic carbocycles. The number of aromatic nitrogens is 2. The van der Waals surface area contributed by atoms with Crippen LogP contribution in [0, 0.1) is 0 Å².